The first-order chi connectivity index (χ1) is 9.68. The summed E-state index contributed by atoms with van der Waals surface area (Å²) >= 11 is 6.08. The topological polar surface area (TPSA) is 49.8 Å². The Labute approximate surface area is 130 Å². The maximum atomic E-state index is 12.6. The van der Waals surface area contributed by atoms with E-state index < -0.39 is 5.60 Å². The number of piperidine rings is 1. The Bertz CT molecular complexity index is 554. The van der Waals surface area contributed by atoms with Gasteiger partial charge in [0.05, 0.1) is 17.7 Å². The molecule has 1 saturated heterocycles. The second kappa shape index (κ2) is 5.50. The van der Waals surface area contributed by atoms with Crippen molar-refractivity contribution in [3.05, 3.63) is 28.8 Å². The van der Waals surface area contributed by atoms with Crippen LogP contribution in [0.2, 0.25) is 5.02 Å². The van der Waals surface area contributed by atoms with E-state index in [9.17, 15) is 9.90 Å². The molecule has 1 aliphatic heterocycles. The van der Waals surface area contributed by atoms with Crippen molar-refractivity contribution in [3.63, 3.8) is 0 Å². The highest BCUT2D eigenvalue weighted by molar-refractivity contribution is 6.32. The van der Waals surface area contributed by atoms with E-state index in [-0.39, 0.29) is 11.3 Å². The summed E-state index contributed by atoms with van der Waals surface area (Å²) in [4.78, 5) is 14.4. The first kappa shape index (κ1) is 16.1. The molecule has 0 saturated carbocycles. The standard InChI is InChI=1S/C16H22ClNO3/c1-15(2)10-18(8-7-16(15,3)20)14(19)11-5-6-13(21-4)12(17)9-11/h5-6,9,20H,7-8,10H2,1-4H3/t16-/m0/s1. The molecule has 1 aromatic rings. The van der Waals surface area contributed by atoms with Gasteiger partial charge in [0.2, 0.25) is 0 Å². The van der Waals surface area contributed by atoms with E-state index in [2.05, 4.69) is 0 Å². The summed E-state index contributed by atoms with van der Waals surface area (Å²) in [5.74, 6) is 0.484. The highest BCUT2D eigenvalue weighted by Gasteiger charge is 2.45. The zero-order chi connectivity index (χ0) is 15.8. The fourth-order valence-corrected chi connectivity index (χ4v) is 2.83. The number of halogens is 1. The van der Waals surface area contributed by atoms with Crippen LogP contribution in [0.15, 0.2) is 18.2 Å². The summed E-state index contributed by atoms with van der Waals surface area (Å²) in [6.45, 7) is 6.85. The number of rotatable bonds is 2. The fraction of sp³-hybridized carbons (Fsp3) is 0.562. The van der Waals surface area contributed by atoms with Gasteiger partial charge in [0.15, 0.2) is 0 Å². The average Bonchev–Trinajstić information content (AvgIpc) is 2.41. The predicted molar refractivity (Wildman–Crippen MR) is 82.9 cm³/mol. The molecule has 116 valence electrons. The van der Waals surface area contributed by atoms with Crippen LogP contribution in [-0.2, 0) is 0 Å². The van der Waals surface area contributed by atoms with Gasteiger partial charge in [-0.15, -0.1) is 0 Å². The second-order valence-corrected chi connectivity index (χ2v) is 6.89. The van der Waals surface area contributed by atoms with Gasteiger partial charge in [-0.3, -0.25) is 4.79 Å². The second-order valence-electron chi connectivity index (χ2n) is 6.48. The number of nitrogens with zero attached hydrogens (tertiary/aromatic N) is 1. The number of carbonyl (C=O) groups excluding carboxylic acids is 1. The number of benzene rings is 1. The summed E-state index contributed by atoms with van der Waals surface area (Å²) in [5.41, 5.74) is -0.573. The van der Waals surface area contributed by atoms with Crippen LogP contribution in [0.3, 0.4) is 0 Å². The molecule has 0 unspecified atom stereocenters. The molecule has 21 heavy (non-hydrogen) atoms. The Morgan fingerprint density at radius 1 is 1.38 bits per heavy atom. The van der Waals surface area contributed by atoms with Crippen molar-refractivity contribution in [1.29, 1.82) is 0 Å². The normalized spacial score (nSPS) is 24.8. The third kappa shape index (κ3) is 3.01. The van der Waals surface area contributed by atoms with Crippen LogP contribution in [0.5, 0.6) is 5.75 Å². The molecule has 5 heteroatoms. The highest BCUT2D eigenvalue weighted by Crippen LogP contribution is 2.38. The molecule has 1 N–H and O–H groups in total. The lowest BCUT2D eigenvalue weighted by molar-refractivity contribution is -0.0971. The Morgan fingerprint density at radius 2 is 2.05 bits per heavy atom. The minimum absolute atomic E-state index is 0.0665. The summed E-state index contributed by atoms with van der Waals surface area (Å²) in [6, 6.07) is 5.04. The Balaban J connectivity index is 2.20. The van der Waals surface area contributed by atoms with E-state index >= 15 is 0 Å². The molecule has 0 spiro atoms. The fourth-order valence-electron chi connectivity index (χ4n) is 2.57. The molecule has 0 bridgehead atoms. The largest absolute Gasteiger partial charge is 0.495 e. The maximum Gasteiger partial charge on any atom is 0.253 e. The van der Waals surface area contributed by atoms with E-state index in [1.807, 2.05) is 20.8 Å². The van der Waals surface area contributed by atoms with Crippen molar-refractivity contribution in [1.82, 2.24) is 4.90 Å². The summed E-state index contributed by atoms with van der Waals surface area (Å²) in [7, 11) is 1.54. The minimum atomic E-state index is -0.763. The number of hydrogen-bond donors (Lipinski definition) is 1. The molecule has 0 aliphatic carbocycles. The van der Waals surface area contributed by atoms with Gasteiger partial charge >= 0.3 is 0 Å². The van der Waals surface area contributed by atoms with Crippen molar-refractivity contribution in [3.8, 4) is 5.75 Å². The molecule has 1 aromatic carbocycles. The van der Waals surface area contributed by atoms with Gasteiger partial charge < -0.3 is 14.7 Å². The minimum Gasteiger partial charge on any atom is -0.495 e. The van der Waals surface area contributed by atoms with Crippen molar-refractivity contribution < 1.29 is 14.6 Å². The van der Waals surface area contributed by atoms with Crippen molar-refractivity contribution >= 4 is 17.5 Å². The van der Waals surface area contributed by atoms with E-state index in [4.69, 9.17) is 16.3 Å². The Morgan fingerprint density at radius 3 is 2.57 bits per heavy atom. The Kier molecular flexibility index (Phi) is 4.22. The molecule has 1 heterocycles. The van der Waals surface area contributed by atoms with E-state index in [1.165, 1.54) is 7.11 Å². The van der Waals surface area contributed by atoms with Crippen LogP contribution in [-0.4, -0.2) is 41.7 Å². The van der Waals surface area contributed by atoms with Gasteiger partial charge in [0, 0.05) is 24.1 Å². The third-order valence-electron chi connectivity index (χ3n) is 4.60. The van der Waals surface area contributed by atoms with Crippen molar-refractivity contribution in [2.75, 3.05) is 20.2 Å². The molecule has 1 aliphatic rings. The van der Waals surface area contributed by atoms with Crippen LogP contribution >= 0.6 is 11.6 Å². The van der Waals surface area contributed by atoms with E-state index in [0.29, 0.717) is 35.8 Å². The molecular weight excluding hydrogens is 290 g/mol. The molecule has 2 rings (SSSR count). The Hall–Kier alpha value is -1.26. The quantitative estimate of drug-likeness (QED) is 0.913. The molecule has 1 amide bonds. The van der Waals surface area contributed by atoms with Gasteiger partial charge in [-0.25, -0.2) is 0 Å². The number of hydrogen-bond acceptors (Lipinski definition) is 3. The van der Waals surface area contributed by atoms with Crippen LogP contribution in [0.4, 0.5) is 0 Å². The zero-order valence-electron chi connectivity index (χ0n) is 12.9. The van der Waals surface area contributed by atoms with Gasteiger partial charge in [-0.2, -0.15) is 0 Å². The maximum absolute atomic E-state index is 12.6. The molecule has 1 fully saturated rings. The molecule has 0 radical (unpaired) electrons. The third-order valence-corrected chi connectivity index (χ3v) is 4.89. The summed E-state index contributed by atoms with van der Waals surface area (Å²) in [5, 5.41) is 10.8. The van der Waals surface area contributed by atoms with Gasteiger partial charge in [-0.1, -0.05) is 25.4 Å². The SMILES string of the molecule is COc1ccc(C(=O)N2CC[C@](C)(O)C(C)(C)C2)cc1Cl. The number of methoxy groups -OCH3 is 1. The van der Waals surface area contributed by atoms with Gasteiger partial charge in [0.25, 0.3) is 5.91 Å². The number of amides is 1. The lowest BCUT2D eigenvalue weighted by Crippen LogP contribution is -2.56. The first-order valence-electron chi connectivity index (χ1n) is 7.03. The number of ether oxygens (including phenoxy) is 1. The van der Waals surface area contributed by atoms with Crippen LogP contribution in [0.25, 0.3) is 0 Å². The number of aliphatic hydroxyl groups is 1. The van der Waals surface area contributed by atoms with Crippen molar-refractivity contribution in [2.45, 2.75) is 32.8 Å². The monoisotopic (exact) mass is 311 g/mol. The number of carbonyl (C=O) groups is 1. The van der Waals surface area contributed by atoms with Gasteiger partial charge in [0.1, 0.15) is 5.75 Å². The molecule has 0 aromatic heterocycles. The highest BCUT2D eigenvalue weighted by atomic mass is 35.5. The van der Waals surface area contributed by atoms with Crippen molar-refractivity contribution in [2.24, 2.45) is 5.41 Å². The summed E-state index contributed by atoms with van der Waals surface area (Å²) < 4.78 is 5.10. The lowest BCUT2D eigenvalue weighted by atomic mass is 9.71. The van der Waals surface area contributed by atoms with Crippen LogP contribution in [0, 0.1) is 5.41 Å². The predicted octanol–water partition coefficient (Wildman–Crippen LogP) is 2.97. The smallest absolute Gasteiger partial charge is 0.253 e. The molecular formula is C16H22ClNO3. The molecule has 1 atom stereocenters. The van der Waals surface area contributed by atoms with Gasteiger partial charge in [-0.05, 0) is 31.5 Å². The summed E-state index contributed by atoms with van der Waals surface area (Å²) in [6.07, 6.45) is 0.565. The number of likely N-dealkylation sites (tertiary alicyclic amines) is 1. The first-order valence-corrected chi connectivity index (χ1v) is 7.41. The van der Waals surface area contributed by atoms with E-state index in [0.717, 1.165) is 0 Å². The van der Waals surface area contributed by atoms with Crippen LogP contribution < -0.4 is 4.74 Å². The van der Waals surface area contributed by atoms with E-state index in [1.54, 1.807) is 23.1 Å². The zero-order valence-corrected chi connectivity index (χ0v) is 13.7. The average molecular weight is 312 g/mol. The molecule has 4 nitrogen and oxygen atoms in total. The lowest BCUT2D eigenvalue weighted by Gasteiger charge is -2.48. The van der Waals surface area contributed by atoms with Crippen LogP contribution in [0.1, 0.15) is 37.6 Å².